The number of alkyl halides is 1. The molecule has 0 saturated heterocycles. The van der Waals surface area contributed by atoms with Gasteiger partial charge in [-0.3, -0.25) is 0 Å². The molecule has 0 aliphatic rings. The van der Waals surface area contributed by atoms with Crippen LogP contribution in [0.5, 0.6) is 0 Å². The smallest absolute Gasteiger partial charge is 0.152 e. The van der Waals surface area contributed by atoms with Gasteiger partial charge in [0.05, 0.1) is 24.0 Å². The van der Waals surface area contributed by atoms with Crippen LogP contribution in [0.1, 0.15) is 29.5 Å². The highest BCUT2D eigenvalue weighted by Crippen LogP contribution is 2.31. The second-order valence-electron chi connectivity index (χ2n) is 6.31. The van der Waals surface area contributed by atoms with Gasteiger partial charge in [0, 0.05) is 17.8 Å². The van der Waals surface area contributed by atoms with Gasteiger partial charge in [-0.05, 0) is 50.5 Å². The van der Waals surface area contributed by atoms with Gasteiger partial charge in [-0.15, -0.1) is 0 Å². The summed E-state index contributed by atoms with van der Waals surface area (Å²) in [5.74, 6) is 0.820. The van der Waals surface area contributed by atoms with Crippen LogP contribution in [0.2, 0.25) is 5.15 Å². The summed E-state index contributed by atoms with van der Waals surface area (Å²) in [6.07, 6.45) is 1.01. The standard InChI is InChI=1S/C18H22ClFN4O/c1-10-14(7-15(21)11(2)20)12(3)24-18(10)16(8-17(19)23-24)22-9-13-5-4-6-25-13/h4-6,8,11,15,22H,7,9,21H2,1-3H3/t11-,15+/m0/s1. The van der Waals surface area contributed by atoms with Crippen LogP contribution >= 0.6 is 11.6 Å². The molecule has 3 N–H and O–H groups in total. The second-order valence-corrected chi connectivity index (χ2v) is 6.70. The Morgan fingerprint density at radius 2 is 2.20 bits per heavy atom. The molecule has 25 heavy (non-hydrogen) atoms. The highest BCUT2D eigenvalue weighted by molar-refractivity contribution is 6.29. The molecule has 0 aliphatic heterocycles. The predicted molar refractivity (Wildman–Crippen MR) is 98.0 cm³/mol. The molecule has 3 rings (SSSR count). The Kier molecular flexibility index (Phi) is 5.01. The predicted octanol–water partition coefficient (Wildman–Crippen LogP) is 4.04. The highest BCUT2D eigenvalue weighted by atomic mass is 35.5. The molecular weight excluding hydrogens is 343 g/mol. The number of nitrogens with zero attached hydrogens (tertiary/aromatic N) is 2. The van der Waals surface area contributed by atoms with Crippen molar-refractivity contribution in [1.29, 1.82) is 0 Å². The molecule has 2 atom stereocenters. The molecule has 0 saturated carbocycles. The zero-order chi connectivity index (χ0) is 18.1. The average molecular weight is 365 g/mol. The van der Waals surface area contributed by atoms with Gasteiger partial charge in [-0.25, -0.2) is 8.91 Å². The van der Waals surface area contributed by atoms with Crippen molar-refractivity contribution in [3.8, 4) is 0 Å². The summed E-state index contributed by atoms with van der Waals surface area (Å²) < 4.78 is 20.7. The third-order valence-electron chi connectivity index (χ3n) is 4.55. The first kappa shape index (κ1) is 17.8. The fourth-order valence-electron chi connectivity index (χ4n) is 3.05. The monoisotopic (exact) mass is 364 g/mol. The van der Waals surface area contributed by atoms with Crippen LogP contribution in [0.4, 0.5) is 10.1 Å². The minimum Gasteiger partial charge on any atom is -0.467 e. The maximum absolute atomic E-state index is 13.5. The highest BCUT2D eigenvalue weighted by Gasteiger charge is 2.21. The Balaban J connectivity index is 2.02. The molecule has 0 spiro atoms. The lowest BCUT2D eigenvalue weighted by Gasteiger charge is -2.13. The number of nitrogens with one attached hydrogen (secondary N) is 1. The zero-order valence-electron chi connectivity index (χ0n) is 14.5. The molecule has 0 amide bonds. The molecule has 3 aromatic heterocycles. The van der Waals surface area contributed by atoms with E-state index in [1.165, 1.54) is 6.92 Å². The molecule has 0 unspecified atom stereocenters. The summed E-state index contributed by atoms with van der Waals surface area (Å²) in [6, 6.07) is 4.98. The van der Waals surface area contributed by atoms with Crippen molar-refractivity contribution < 1.29 is 8.81 Å². The van der Waals surface area contributed by atoms with Gasteiger partial charge < -0.3 is 15.5 Å². The largest absolute Gasteiger partial charge is 0.467 e. The van der Waals surface area contributed by atoms with Crippen molar-refractivity contribution in [2.75, 3.05) is 5.32 Å². The second kappa shape index (κ2) is 7.06. The minimum atomic E-state index is -1.07. The summed E-state index contributed by atoms with van der Waals surface area (Å²) in [4.78, 5) is 0. The Morgan fingerprint density at radius 1 is 1.44 bits per heavy atom. The molecule has 3 heterocycles. The molecule has 5 nitrogen and oxygen atoms in total. The van der Waals surface area contributed by atoms with E-state index in [-0.39, 0.29) is 0 Å². The maximum Gasteiger partial charge on any atom is 0.152 e. The van der Waals surface area contributed by atoms with Crippen LogP contribution in [0.15, 0.2) is 28.9 Å². The van der Waals surface area contributed by atoms with Crippen LogP contribution < -0.4 is 11.1 Å². The van der Waals surface area contributed by atoms with E-state index in [1.54, 1.807) is 16.8 Å². The van der Waals surface area contributed by atoms with Crippen LogP contribution in [0.25, 0.3) is 5.52 Å². The van der Waals surface area contributed by atoms with Gasteiger partial charge in [0.25, 0.3) is 0 Å². The topological polar surface area (TPSA) is 68.5 Å². The van der Waals surface area contributed by atoms with Crippen LogP contribution in [0.3, 0.4) is 0 Å². The van der Waals surface area contributed by atoms with E-state index in [2.05, 4.69) is 10.4 Å². The summed E-state index contributed by atoms with van der Waals surface area (Å²) in [5, 5.41) is 8.12. The summed E-state index contributed by atoms with van der Waals surface area (Å²) in [5.41, 5.74) is 10.7. The first-order valence-electron chi connectivity index (χ1n) is 8.21. The Labute approximate surface area is 151 Å². The van der Waals surface area contributed by atoms with E-state index in [9.17, 15) is 4.39 Å². The number of hydrogen-bond acceptors (Lipinski definition) is 4. The van der Waals surface area contributed by atoms with Crippen molar-refractivity contribution in [3.63, 3.8) is 0 Å². The molecule has 0 bridgehead atoms. The number of halogens is 2. The fraction of sp³-hybridized carbons (Fsp3) is 0.389. The number of aromatic nitrogens is 2. The third kappa shape index (κ3) is 3.50. The first-order valence-corrected chi connectivity index (χ1v) is 8.59. The van der Waals surface area contributed by atoms with E-state index in [4.69, 9.17) is 21.8 Å². The third-order valence-corrected chi connectivity index (χ3v) is 4.74. The molecule has 0 fully saturated rings. The number of hydrogen-bond donors (Lipinski definition) is 2. The SMILES string of the molecule is Cc1c(C[C@@H](N)[C@H](C)F)c(C)n2nc(Cl)cc(NCc3ccco3)c12. The van der Waals surface area contributed by atoms with Crippen LogP contribution in [0, 0.1) is 13.8 Å². The Morgan fingerprint density at radius 3 is 2.84 bits per heavy atom. The number of rotatable bonds is 6. The number of anilines is 1. The quantitative estimate of drug-likeness (QED) is 0.692. The molecule has 134 valence electrons. The molecule has 0 aromatic carbocycles. The zero-order valence-corrected chi connectivity index (χ0v) is 15.3. The lowest BCUT2D eigenvalue weighted by molar-refractivity contribution is 0.304. The normalized spacial score (nSPS) is 14.0. The van der Waals surface area contributed by atoms with Gasteiger partial charge in [0.15, 0.2) is 5.15 Å². The van der Waals surface area contributed by atoms with Crippen molar-refractivity contribution in [2.45, 2.75) is 46.0 Å². The fourth-order valence-corrected chi connectivity index (χ4v) is 3.24. The van der Waals surface area contributed by atoms with E-state index >= 15 is 0 Å². The number of nitrogens with two attached hydrogens (primary N) is 1. The lowest BCUT2D eigenvalue weighted by Crippen LogP contribution is -2.32. The molecular formula is C18H22ClFN4O. The maximum atomic E-state index is 13.5. The van der Waals surface area contributed by atoms with Crippen LogP contribution in [-0.4, -0.2) is 21.8 Å². The Bertz CT molecular complexity index is 873. The van der Waals surface area contributed by atoms with Crippen LogP contribution in [-0.2, 0) is 13.0 Å². The molecule has 0 aliphatic carbocycles. The summed E-state index contributed by atoms with van der Waals surface area (Å²) >= 11 is 6.19. The Hall–Kier alpha value is -2.05. The van der Waals surface area contributed by atoms with Gasteiger partial charge in [-0.2, -0.15) is 5.10 Å². The summed E-state index contributed by atoms with van der Waals surface area (Å²) in [6.45, 7) is 5.96. The number of furan rings is 1. The van der Waals surface area contributed by atoms with Crippen molar-refractivity contribution in [2.24, 2.45) is 5.73 Å². The lowest BCUT2D eigenvalue weighted by atomic mass is 10.0. The van der Waals surface area contributed by atoms with E-state index in [0.29, 0.717) is 18.1 Å². The van der Waals surface area contributed by atoms with E-state index in [1.807, 2.05) is 26.0 Å². The van der Waals surface area contributed by atoms with Gasteiger partial charge >= 0.3 is 0 Å². The molecule has 0 radical (unpaired) electrons. The van der Waals surface area contributed by atoms with Crippen molar-refractivity contribution in [1.82, 2.24) is 9.61 Å². The van der Waals surface area contributed by atoms with Crippen molar-refractivity contribution in [3.05, 3.63) is 52.2 Å². The van der Waals surface area contributed by atoms with E-state index < -0.39 is 12.2 Å². The van der Waals surface area contributed by atoms with Gasteiger partial charge in [0.1, 0.15) is 11.9 Å². The van der Waals surface area contributed by atoms with Crippen molar-refractivity contribution >= 4 is 22.8 Å². The summed E-state index contributed by atoms with van der Waals surface area (Å²) in [7, 11) is 0. The minimum absolute atomic E-state index is 0.377. The average Bonchev–Trinajstić information content (AvgIpc) is 3.15. The first-order chi connectivity index (χ1) is 11.9. The molecule has 3 aromatic rings. The number of fused-ring (bicyclic) bond motifs is 1. The number of aryl methyl sites for hydroxylation is 2. The van der Waals surface area contributed by atoms with Gasteiger partial charge in [-0.1, -0.05) is 11.6 Å². The van der Waals surface area contributed by atoms with E-state index in [0.717, 1.165) is 33.8 Å². The molecule has 7 heteroatoms. The van der Waals surface area contributed by atoms with Gasteiger partial charge in [0.2, 0.25) is 0 Å².